The molecular formula is C11H7ClFIN2O. The highest BCUT2D eigenvalue weighted by molar-refractivity contribution is 14.1. The number of H-pyrrole nitrogens is 1. The van der Waals surface area contributed by atoms with E-state index in [9.17, 15) is 9.18 Å². The maximum Gasteiger partial charge on any atom is 0.264 e. The number of nitrogens with zero attached hydrogens (tertiary/aromatic N) is 1. The van der Waals surface area contributed by atoms with Crippen molar-refractivity contribution in [2.45, 2.75) is 6.42 Å². The molecular weight excluding hydrogens is 357 g/mol. The zero-order chi connectivity index (χ0) is 12.4. The van der Waals surface area contributed by atoms with Crippen molar-refractivity contribution >= 4 is 34.2 Å². The molecule has 0 spiro atoms. The first-order valence-corrected chi connectivity index (χ1v) is 6.20. The molecule has 3 nitrogen and oxygen atoms in total. The number of nitrogens with one attached hydrogen (secondary N) is 1. The zero-order valence-electron chi connectivity index (χ0n) is 8.51. The fourth-order valence-electron chi connectivity index (χ4n) is 1.37. The van der Waals surface area contributed by atoms with Crippen LogP contribution >= 0.6 is 34.2 Å². The van der Waals surface area contributed by atoms with Gasteiger partial charge in [0.25, 0.3) is 5.56 Å². The molecule has 1 aromatic carbocycles. The summed E-state index contributed by atoms with van der Waals surface area (Å²) in [6, 6.07) is 4.46. The van der Waals surface area contributed by atoms with E-state index in [1.807, 2.05) is 22.6 Å². The van der Waals surface area contributed by atoms with Gasteiger partial charge in [0.15, 0.2) is 0 Å². The average molecular weight is 365 g/mol. The van der Waals surface area contributed by atoms with Crippen LogP contribution in [0, 0.1) is 9.39 Å². The zero-order valence-corrected chi connectivity index (χ0v) is 11.4. The largest absolute Gasteiger partial charge is 0.309 e. The van der Waals surface area contributed by atoms with E-state index in [0.29, 0.717) is 20.0 Å². The van der Waals surface area contributed by atoms with Crippen LogP contribution in [0.1, 0.15) is 11.4 Å². The van der Waals surface area contributed by atoms with Gasteiger partial charge in [0, 0.05) is 23.2 Å². The standard InChI is InChI=1S/C11H7ClFIN2O/c12-7-2-1-3-8(13)6(7)4-10-15-5-9(14)11(17)16-10/h1-3,5H,4H2,(H,15,16,17). The van der Waals surface area contributed by atoms with E-state index in [2.05, 4.69) is 9.97 Å². The van der Waals surface area contributed by atoms with Gasteiger partial charge in [-0.15, -0.1) is 0 Å². The maximum atomic E-state index is 13.5. The minimum atomic E-state index is -0.404. The average Bonchev–Trinajstić information content (AvgIpc) is 2.28. The molecule has 1 heterocycles. The minimum Gasteiger partial charge on any atom is -0.309 e. The molecule has 2 rings (SSSR count). The summed E-state index contributed by atoms with van der Waals surface area (Å²) < 4.78 is 14.0. The Morgan fingerprint density at radius 3 is 2.88 bits per heavy atom. The third-order valence-electron chi connectivity index (χ3n) is 2.21. The summed E-state index contributed by atoms with van der Waals surface area (Å²) in [5.41, 5.74) is 0.0987. The van der Waals surface area contributed by atoms with Crippen LogP contribution in [0.4, 0.5) is 4.39 Å². The third kappa shape index (κ3) is 2.84. The van der Waals surface area contributed by atoms with Crippen LogP contribution in [0.15, 0.2) is 29.2 Å². The van der Waals surface area contributed by atoms with Crippen molar-refractivity contribution in [2.24, 2.45) is 0 Å². The number of benzene rings is 1. The van der Waals surface area contributed by atoms with E-state index in [1.54, 1.807) is 6.07 Å². The summed E-state index contributed by atoms with van der Waals surface area (Å²) in [5, 5.41) is 0.325. The van der Waals surface area contributed by atoms with Crippen LogP contribution in [-0.4, -0.2) is 9.97 Å². The van der Waals surface area contributed by atoms with Gasteiger partial charge in [-0.05, 0) is 34.7 Å². The Balaban J connectivity index is 2.38. The third-order valence-corrected chi connectivity index (χ3v) is 3.34. The molecule has 0 saturated heterocycles. The Hall–Kier alpha value is -0.950. The predicted octanol–water partition coefficient (Wildman–Crippen LogP) is 2.76. The van der Waals surface area contributed by atoms with Crippen LogP contribution in [0.3, 0.4) is 0 Å². The topological polar surface area (TPSA) is 45.8 Å². The van der Waals surface area contributed by atoms with E-state index in [0.717, 1.165) is 0 Å². The molecule has 17 heavy (non-hydrogen) atoms. The van der Waals surface area contributed by atoms with Crippen molar-refractivity contribution in [3.63, 3.8) is 0 Å². The molecule has 1 N–H and O–H groups in total. The van der Waals surface area contributed by atoms with Gasteiger partial charge in [0.2, 0.25) is 0 Å². The highest BCUT2D eigenvalue weighted by Crippen LogP contribution is 2.20. The van der Waals surface area contributed by atoms with E-state index in [-0.39, 0.29) is 12.0 Å². The first-order valence-electron chi connectivity index (χ1n) is 4.74. The molecule has 0 radical (unpaired) electrons. The maximum absolute atomic E-state index is 13.5. The van der Waals surface area contributed by atoms with Crippen LogP contribution < -0.4 is 5.56 Å². The van der Waals surface area contributed by atoms with E-state index < -0.39 is 5.82 Å². The number of hydrogen-bond donors (Lipinski definition) is 1. The lowest BCUT2D eigenvalue weighted by molar-refractivity contribution is 0.612. The molecule has 0 aliphatic carbocycles. The number of hydrogen-bond acceptors (Lipinski definition) is 2. The van der Waals surface area contributed by atoms with E-state index in [1.165, 1.54) is 18.3 Å². The van der Waals surface area contributed by atoms with Gasteiger partial charge in [-0.3, -0.25) is 4.79 Å². The second-order valence-corrected chi connectivity index (χ2v) is 4.95. The predicted molar refractivity (Wildman–Crippen MR) is 71.8 cm³/mol. The van der Waals surface area contributed by atoms with Crippen LogP contribution in [-0.2, 0) is 6.42 Å². The summed E-state index contributed by atoms with van der Waals surface area (Å²) in [5.74, 6) is -0.0129. The highest BCUT2D eigenvalue weighted by Gasteiger charge is 2.09. The molecule has 0 aliphatic heterocycles. The van der Waals surface area contributed by atoms with Gasteiger partial charge >= 0.3 is 0 Å². The second kappa shape index (κ2) is 5.14. The van der Waals surface area contributed by atoms with Crippen molar-refractivity contribution in [3.8, 4) is 0 Å². The fourth-order valence-corrected chi connectivity index (χ4v) is 1.88. The summed E-state index contributed by atoms with van der Waals surface area (Å²) in [4.78, 5) is 18.0. The van der Waals surface area contributed by atoms with Crippen LogP contribution in [0.5, 0.6) is 0 Å². The van der Waals surface area contributed by atoms with Gasteiger partial charge < -0.3 is 4.98 Å². The normalized spacial score (nSPS) is 10.5. The van der Waals surface area contributed by atoms with Crippen molar-refractivity contribution in [3.05, 3.63) is 60.5 Å². The first kappa shape index (κ1) is 12.5. The van der Waals surface area contributed by atoms with Crippen molar-refractivity contribution in [2.75, 3.05) is 0 Å². The Morgan fingerprint density at radius 1 is 1.47 bits per heavy atom. The van der Waals surface area contributed by atoms with E-state index in [4.69, 9.17) is 11.6 Å². The Kier molecular flexibility index (Phi) is 3.78. The van der Waals surface area contributed by atoms with Crippen LogP contribution in [0.25, 0.3) is 0 Å². The molecule has 6 heteroatoms. The van der Waals surface area contributed by atoms with Gasteiger partial charge in [-0.25, -0.2) is 9.37 Å². The Bertz CT molecular complexity index is 594. The van der Waals surface area contributed by atoms with Gasteiger partial charge in [0.05, 0.1) is 3.57 Å². The molecule has 0 bridgehead atoms. The summed E-state index contributed by atoms with van der Waals surface area (Å²) in [6.07, 6.45) is 1.61. The van der Waals surface area contributed by atoms with Gasteiger partial charge in [0.1, 0.15) is 11.6 Å². The lowest BCUT2D eigenvalue weighted by atomic mass is 10.1. The fraction of sp³-hybridized carbons (Fsp3) is 0.0909. The number of rotatable bonds is 2. The summed E-state index contributed by atoms with van der Waals surface area (Å²) >= 11 is 7.77. The minimum absolute atomic E-state index is 0.164. The lowest BCUT2D eigenvalue weighted by Crippen LogP contribution is -2.14. The second-order valence-electron chi connectivity index (χ2n) is 3.38. The molecule has 0 aliphatic rings. The van der Waals surface area contributed by atoms with Crippen molar-refractivity contribution in [1.82, 2.24) is 9.97 Å². The highest BCUT2D eigenvalue weighted by atomic mass is 127. The quantitative estimate of drug-likeness (QED) is 0.833. The molecule has 0 amide bonds. The first-order chi connectivity index (χ1) is 8.08. The Morgan fingerprint density at radius 2 is 2.24 bits per heavy atom. The molecule has 2 aromatic rings. The number of aromatic amines is 1. The number of aromatic nitrogens is 2. The lowest BCUT2D eigenvalue weighted by Gasteiger charge is -2.05. The van der Waals surface area contributed by atoms with Gasteiger partial charge in [-0.1, -0.05) is 17.7 Å². The van der Waals surface area contributed by atoms with Crippen molar-refractivity contribution < 1.29 is 4.39 Å². The molecule has 1 aromatic heterocycles. The van der Waals surface area contributed by atoms with E-state index >= 15 is 0 Å². The van der Waals surface area contributed by atoms with Crippen molar-refractivity contribution in [1.29, 1.82) is 0 Å². The van der Waals surface area contributed by atoms with Crippen LogP contribution in [0.2, 0.25) is 5.02 Å². The Labute approximate surface area is 115 Å². The summed E-state index contributed by atoms with van der Waals surface area (Å²) in [7, 11) is 0. The molecule has 88 valence electrons. The smallest absolute Gasteiger partial charge is 0.264 e. The monoisotopic (exact) mass is 364 g/mol. The molecule has 0 atom stereocenters. The molecule has 0 saturated carbocycles. The molecule has 0 fully saturated rings. The SMILES string of the molecule is O=c1[nH]c(Cc2c(F)cccc2Cl)ncc1I. The summed E-state index contributed by atoms with van der Waals surface area (Å²) in [6.45, 7) is 0. The molecule has 0 unspecified atom stereocenters. The van der Waals surface area contributed by atoms with Gasteiger partial charge in [-0.2, -0.15) is 0 Å². The number of halogens is 3.